The number of Topliss-reactive ketones (excluding diaryl/α,β-unsaturated/α-hetero) is 1. The van der Waals surface area contributed by atoms with Gasteiger partial charge in [0.1, 0.15) is 0 Å². The molecule has 5 nitrogen and oxygen atoms in total. The van der Waals surface area contributed by atoms with E-state index in [2.05, 4.69) is 0 Å². The number of para-hydroxylation sites is 1. The molecule has 2 aromatic rings. The van der Waals surface area contributed by atoms with E-state index in [0.717, 1.165) is 5.75 Å². The first-order valence-electron chi connectivity index (χ1n) is 8.56. The highest BCUT2D eigenvalue weighted by Crippen LogP contribution is 2.44. The van der Waals surface area contributed by atoms with Crippen LogP contribution in [0.4, 0.5) is 5.69 Å². The number of benzene rings is 2. The first-order chi connectivity index (χ1) is 13.5. The van der Waals surface area contributed by atoms with Crippen LogP contribution in [0.25, 0.3) is 6.08 Å². The largest absolute Gasteiger partial charge is 0.289 e. The van der Waals surface area contributed by atoms with Gasteiger partial charge in [-0.1, -0.05) is 49.4 Å². The second-order valence-corrected chi connectivity index (χ2v) is 8.85. The summed E-state index contributed by atoms with van der Waals surface area (Å²) in [6.45, 7) is 2.04. The Kier molecular flexibility index (Phi) is 6.49. The Morgan fingerprint density at radius 1 is 1.11 bits per heavy atom. The molecule has 0 saturated carbocycles. The maximum atomic E-state index is 13.0. The summed E-state index contributed by atoms with van der Waals surface area (Å²) in [5.74, 6) is 0.0465. The van der Waals surface area contributed by atoms with E-state index < -0.39 is 10.7 Å². The number of hydrogen-bond acceptors (Lipinski definition) is 6. The Labute approximate surface area is 171 Å². The van der Waals surface area contributed by atoms with E-state index in [9.17, 15) is 19.7 Å². The van der Waals surface area contributed by atoms with Crippen LogP contribution < -0.4 is 0 Å². The predicted molar refractivity (Wildman–Crippen MR) is 114 cm³/mol. The van der Waals surface area contributed by atoms with Gasteiger partial charge in [0.25, 0.3) is 5.69 Å². The Hall–Kier alpha value is -2.64. The number of nitro benzene ring substituents is 1. The average Bonchev–Trinajstić information content (AvgIpc) is 3.13. The van der Waals surface area contributed by atoms with Crippen LogP contribution in [0, 0.1) is 10.1 Å². The minimum atomic E-state index is -0.497. The fraction of sp³-hybridized carbons (Fsp3) is 0.143. The topological polar surface area (TPSA) is 77.3 Å². The van der Waals surface area contributed by atoms with Gasteiger partial charge < -0.3 is 0 Å². The van der Waals surface area contributed by atoms with Gasteiger partial charge in [0.15, 0.2) is 11.6 Å². The van der Waals surface area contributed by atoms with Crippen LogP contribution in [0.2, 0.25) is 0 Å². The second kappa shape index (κ2) is 9.03. The molecule has 0 spiro atoms. The van der Waals surface area contributed by atoms with Gasteiger partial charge in [-0.3, -0.25) is 19.7 Å². The van der Waals surface area contributed by atoms with Crippen molar-refractivity contribution in [1.29, 1.82) is 0 Å². The number of nitro groups is 1. The van der Waals surface area contributed by atoms with Crippen molar-refractivity contribution in [2.24, 2.45) is 0 Å². The molecule has 142 valence electrons. The van der Waals surface area contributed by atoms with Crippen molar-refractivity contribution in [2.45, 2.75) is 12.2 Å². The molecule has 0 aromatic heterocycles. The van der Waals surface area contributed by atoms with Crippen molar-refractivity contribution in [1.82, 2.24) is 0 Å². The van der Waals surface area contributed by atoms with Crippen LogP contribution in [0.5, 0.6) is 0 Å². The molecule has 1 heterocycles. The molecule has 1 atom stereocenters. The number of ketones is 2. The second-order valence-electron chi connectivity index (χ2n) is 6.11. The highest BCUT2D eigenvalue weighted by Gasteiger charge is 2.28. The van der Waals surface area contributed by atoms with E-state index in [1.54, 1.807) is 48.5 Å². The predicted octanol–water partition coefficient (Wildman–Crippen LogP) is 5.14. The third kappa shape index (κ3) is 4.61. The minimum Gasteiger partial charge on any atom is -0.289 e. The van der Waals surface area contributed by atoms with Crippen molar-refractivity contribution in [3.63, 3.8) is 0 Å². The maximum Gasteiger partial charge on any atom is 0.276 e. The first-order valence-corrected chi connectivity index (χ1v) is 10.4. The number of thioether (sulfide) groups is 2. The van der Waals surface area contributed by atoms with E-state index in [4.69, 9.17) is 0 Å². The summed E-state index contributed by atoms with van der Waals surface area (Å²) in [5, 5.41) is 11.5. The molecular formula is C21H17NO4S2. The van der Waals surface area contributed by atoms with Crippen molar-refractivity contribution in [3.8, 4) is 0 Å². The van der Waals surface area contributed by atoms with Crippen molar-refractivity contribution in [2.75, 3.05) is 5.75 Å². The number of carbonyl (C=O) groups excluding carboxylic acids is 2. The SMILES string of the molecule is C[C@@H]1CS/C(=C(/C(=O)/C=C\c2ccccc2[N+](=O)[O-])C(=O)c2ccccc2)S1. The highest BCUT2D eigenvalue weighted by molar-refractivity contribution is 8.25. The average molecular weight is 412 g/mol. The fourth-order valence-corrected chi connectivity index (χ4v) is 5.50. The fourth-order valence-electron chi connectivity index (χ4n) is 2.66. The van der Waals surface area contributed by atoms with Gasteiger partial charge in [-0.2, -0.15) is 0 Å². The summed E-state index contributed by atoms with van der Waals surface area (Å²) >= 11 is 3.01. The van der Waals surface area contributed by atoms with Crippen molar-refractivity contribution >= 4 is 46.9 Å². The number of carbonyl (C=O) groups is 2. The molecule has 1 saturated heterocycles. The molecule has 0 unspecified atom stereocenters. The summed E-state index contributed by atoms with van der Waals surface area (Å²) < 4.78 is 0.707. The third-order valence-electron chi connectivity index (χ3n) is 4.02. The van der Waals surface area contributed by atoms with Gasteiger partial charge >= 0.3 is 0 Å². The van der Waals surface area contributed by atoms with E-state index in [1.165, 1.54) is 41.7 Å². The number of hydrogen-bond donors (Lipinski definition) is 0. The highest BCUT2D eigenvalue weighted by atomic mass is 32.2. The van der Waals surface area contributed by atoms with E-state index in [-0.39, 0.29) is 17.0 Å². The Morgan fingerprint density at radius 3 is 2.43 bits per heavy atom. The summed E-state index contributed by atoms with van der Waals surface area (Å²) in [7, 11) is 0. The lowest BCUT2D eigenvalue weighted by atomic mass is 10.0. The Morgan fingerprint density at radius 2 is 1.79 bits per heavy atom. The molecule has 1 fully saturated rings. The summed E-state index contributed by atoms with van der Waals surface area (Å²) in [5.41, 5.74) is 0.796. The lowest BCUT2D eigenvalue weighted by Crippen LogP contribution is -2.13. The van der Waals surface area contributed by atoms with Gasteiger partial charge in [0.2, 0.25) is 0 Å². The molecule has 3 rings (SSSR count). The molecule has 7 heteroatoms. The zero-order valence-corrected chi connectivity index (χ0v) is 16.7. The molecule has 0 radical (unpaired) electrons. The molecule has 1 aliphatic heterocycles. The maximum absolute atomic E-state index is 13.0. The molecule has 28 heavy (non-hydrogen) atoms. The van der Waals surface area contributed by atoms with Gasteiger partial charge in [0.05, 0.1) is 20.3 Å². The van der Waals surface area contributed by atoms with Crippen LogP contribution in [0.15, 0.2) is 70.5 Å². The van der Waals surface area contributed by atoms with Crippen LogP contribution in [0.3, 0.4) is 0 Å². The van der Waals surface area contributed by atoms with Gasteiger partial charge in [-0.05, 0) is 18.2 Å². The normalized spacial score (nSPS) is 18.2. The molecule has 1 aliphatic rings. The molecule has 0 bridgehead atoms. The van der Waals surface area contributed by atoms with Crippen LogP contribution in [-0.4, -0.2) is 27.5 Å². The van der Waals surface area contributed by atoms with E-state index in [1.807, 2.05) is 6.92 Å². The van der Waals surface area contributed by atoms with Crippen molar-refractivity contribution in [3.05, 3.63) is 91.7 Å². The quantitative estimate of drug-likeness (QED) is 0.164. The van der Waals surface area contributed by atoms with E-state index >= 15 is 0 Å². The monoisotopic (exact) mass is 411 g/mol. The van der Waals surface area contributed by atoms with Gasteiger partial charge in [0, 0.05) is 22.6 Å². The van der Waals surface area contributed by atoms with Gasteiger partial charge in [-0.25, -0.2) is 0 Å². The Balaban J connectivity index is 1.97. The summed E-state index contributed by atoms with van der Waals surface area (Å²) in [4.78, 5) is 36.6. The van der Waals surface area contributed by atoms with Crippen LogP contribution in [0.1, 0.15) is 22.8 Å². The molecule has 2 aromatic carbocycles. The number of rotatable bonds is 6. The minimum absolute atomic E-state index is 0.0895. The van der Waals surface area contributed by atoms with Gasteiger partial charge in [-0.15, -0.1) is 23.5 Å². The molecule has 0 amide bonds. The van der Waals surface area contributed by atoms with Crippen LogP contribution >= 0.6 is 23.5 Å². The molecule has 0 N–H and O–H groups in total. The van der Waals surface area contributed by atoms with Crippen molar-refractivity contribution < 1.29 is 14.5 Å². The van der Waals surface area contributed by atoms with Crippen LogP contribution in [-0.2, 0) is 4.79 Å². The molecule has 0 aliphatic carbocycles. The lowest BCUT2D eigenvalue weighted by molar-refractivity contribution is -0.385. The smallest absolute Gasteiger partial charge is 0.276 e. The van der Waals surface area contributed by atoms with E-state index in [0.29, 0.717) is 20.6 Å². The zero-order chi connectivity index (χ0) is 20.1. The number of allylic oxidation sites excluding steroid dienone is 2. The number of nitrogens with zero attached hydrogens (tertiary/aromatic N) is 1. The third-order valence-corrected chi connectivity index (χ3v) is 6.99. The summed E-state index contributed by atoms with van der Waals surface area (Å²) in [6.07, 6.45) is 2.64. The zero-order valence-electron chi connectivity index (χ0n) is 15.0. The first kappa shape index (κ1) is 20.1. The molecular weight excluding hydrogens is 394 g/mol. The lowest BCUT2D eigenvalue weighted by Gasteiger charge is -2.07. The standard InChI is InChI=1S/C21H17NO4S2/c1-14-13-27-21(28-14)19(20(24)16-8-3-2-4-9-16)18(23)12-11-15-7-5-6-10-17(15)22(25)26/h2-12,14H,13H2,1H3/b12-11-,21-19+/t14-/m1/s1. The Bertz CT molecular complexity index is 983. The summed E-state index contributed by atoms with van der Waals surface area (Å²) in [6, 6.07) is 14.8.